The van der Waals surface area contributed by atoms with Gasteiger partial charge in [-0.25, -0.2) is 4.79 Å². The van der Waals surface area contributed by atoms with Crippen LogP contribution >= 0.6 is 11.6 Å². The van der Waals surface area contributed by atoms with Gasteiger partial charge in [0.25, 0.3) is 0 Å². The lowest BCUT2D eigenvalue weighted by Crippen LogP contribution is -2.18. The summed E-state index contributed by atoms with van der Waals surface area (Å²) in [7, 11) is 0. The van der Waals surface area contributed by atoms with E-state index in [1.54, 1.807) is 4.40 Å². The SMILES string of the molecule is O=C(O)c1cc(Cl)c2nnc(C3CCCOC3)n2c1. The highest BCUT2D eigenvalue weighted by Crippen LogP contribution is 2.27. The molecule has 1 N–H and O–H groups in total. The number of aromatic carboxylic acids is 1. The van der Waals surface area contributed by atoms with Crippen molar-refractivity contribution in [1.29, 1.82) is 0 Å². The first kappa shape index (κ1) is 12.4. The number of rotatable bonds is 2. The Hall–Kier alpha value is -1.66. The molecule has 0 amide bonds. The van der Waals surface area contributed by atoms with Gasteiger partial charge in [-0.2, -0.15) is 0 Å². The maximum Gasteiger partial charge on any atom is 0.337 e. The zero-order valence-electron chi connectivity index (χ0n) is 10.0. The van der Waals surface area contributed by atoms with Crippen molar-refractivity contribution in [2.75, 3.05) is 13.2 Å². The molecule has 1 aliphatic rings. The Morgan fingerprint density at radius 1 is 1.53 bits per heavy atom. The zero-order valence-corrected chi connectivity index (χ0v) is 10.8. The smallest absolute Gasteiger partial charge is 0.337 e. The summed E-state index contributed by atoms with van der Waals surface area (Å²) in [6.45, 7) is 1.34. The zero-order chi connectivity index (χ0) is 13.4. The van der Waals surface area contributed by atoms with Gasteiger partial charge >= 0.3 is 5.97 Å². The van der Waals surface area contributed by atoms with E-state index in [4.69, 9.17) is 21.4 Å². The molecule has 0 aliphatic carbocycles. The number of hydrogen-bond donors (Lipinski definition) is 1. The number of nitrogens with zero attached hydrogens (tertiary/aromatic N) is 3. The van der Waals surface area contributed by atoms with Gasteiger partial charge in [-0.15, -0.1) is 10.2 Å². The van der Waals surface area contributed by atoms with Crippen LogP contribution in [0.1, 0.15) is 34.9 Å². The molecular weight excluding hydrogens is 270 g/mol. The molecule has 1 unspecified atom stereocenters. The Morgan fingerprint density at radius 2 is 2.37 bits per heavy atom. The maximum absolute atomic E-state index is 11.1. The first-order valence-corrected chi connectivity index (χ1v) is 6.40. The lowest BCUT2D eigenvalue weighted by Gasteiger charge is -2.20. The lowest BCUT2D eigenvalue weighted by atomic mass is 10.0. The van der Waals surface area contributed by atoms with Crippen molar-refractivity contribution < 1.29 is 14.6 Å². The predicted molar refractivity (Wildman–Crippen MR) is 67.8 cm³/mol. The van der Waals surface area contributed by atoms with Gasteiger partial charge in [0.05, 0.1) is 17.2 Å². The first-order chi connectivity index (χ1) is 9.16. The molecule has 100 valence electrons. The Balaban J connectivity index is 2.12. The minimum Gasteiger partial charge on any atom is -0.478 e. The number of pyridine rings is 1. The molecule has 1 atom stereocenters. The summed E-state index contributed by atoms with van der Waals surface area (Å²) >= 11 is 6.04. The van der Waals surface area contributed by atoms with Crippen LogP contribution in [0.2, 0.25) is 5.02 Å². The molecule has 19 heavy (non-hydrogen) atoms. The second-order valence-corrected chi connectivity index (χ2v) is 4.95. The molecule has 0 radical (unpaired) electrons. The molecule has 2 aromatic rings. The molecule has 0 aromatic carbocycles. The van der Waals surface area contributed by atoms with E-state index in [2.05, 4.69) is 10.2 Å². The van der Waals surface area contributed by atoms with Gasteiger partial charge < -0.3 is 9.84 Å². The third kappa shape index (κ3) is 2.17. The summed E-state index contributed by atoms with van der Waals surface area (Å²) in [5.74, 6) is -0.188. The van der Waals surface area contributed by atoms with Gasteiger partial charge in [0.2, 0.25) is 0 Å². The highest BCUT2D eigenvalue weighted by atomic mass is 35.5. The average Bonchev–Trinajstić information content (AvgIpc) is 2.84. The van der Waals surface area contributed by atoms with Crippen LogP contribution in [0.4, 0.5) is 0 Å². The van der Waals surface area contributed by atoms with E-state index < -0.39 is 5.97 Å². The molecule has 3 rings (SSSR count). The van der Waals surface area contributed by atoms with Gasteiger partial charge in [0, 0.05) is 18.7 Å². The molecule has 7 heteroatoms. The number of hydrogen-bond acceptors (Lipinski definition) is 4. The Morgan fingerprint density at radius 3 is 3.05 bits per heavy atom. The summed E-state index contributed by atoms with van der Waals surface area (Å²) in [4.78, 5) is 11.1. The number of ether oxygens (including phenoxy) is 1. The largest absolute Gasteiger partial charge is 0.478 e. The van der Waals surface area contributed by atoms with Gasteiger partial charge in [-0.1, -0.05) is 11.6 Å². The van der Waals surface area contributed by atoms with Crippen LogP contribution in [0.5, 0.6) is 0 Å². The Labute approximate surface area is 114 Å². The fourth-order valence-electron chi connectivity index (χ4n) is 2.31. The van der Waals surface area contributed by atoms with Gasteiger partial charge in [-0.3, -0.25) is 4.40 Å². The first-order valence-electron chi connectivity index (χ1n) is 6.02. The van der Waals surface area contributed by atoms with Crippen LogP contribution in [0.3, 0.4) is 0 Å². The highest BCUT2D eigenvalue weighted by Gasteiger charge is 2.23. The molecule has 0 bridgehead atoms. The van der Waals surface area contributed by atoms with Crippen molar-refractivity contribution >= 4 is 23.2 Å². The standard InChI is InChI=1S/C12H12ClN3O3/c13-9-4-8(12(17)18)5-16-10(14-15-11(9)16)7-2-1-3-19-6-7/h4-5,7H,1-3,6H2,(H,17,18). The fourth-order valence-corrected chi connectivity index (χ4v) is 2.56. The van der Waals surface area contributed by atoms with Crippen LogP contribution in [0.15, 0.2) is 12.3 Å². The van der Waals surface area contributed by atoms with E-state index in [1.165, 1.54) is 12.3 Å². The minimum atomic E-state index is -1.02. The number of halogens is 1. The molecule has 2 aromatic heterocycles. The van der Waals surface area contributed by atoms with E-state index in [9.17, 15) is 4.79 Å². The van der Waals surface area contributed by atoms with Crippen LogP contribution in [-0.4, -0.2) is 38.9 Å². The molecule has 0 spiro atoms. The van der Waals surface area contributed by atoms with Crippen molar-refractivity contribution in [2.24, 2.45) is 0 Å². The van der Waals surface area contributed by atoms with Crippen molar-refractivity contribution in [3.63, 3.8) is 0 Å². The van der Waals surface area contributed by atoms with Crippen molar-refractivity contribution in [3.05, 3.63) is 28.7 Å². The van der Waals surface area contributed by atoms with Crippen molar-refractivity contribution in [2.45, 2.75) is 18.8 Å². The normalized spacial score (nSPS) is 19.7. The third-order valence-corrected chi connectivity index (χ3v) is 3.54. The number of carboxylic acids is 1. The lowest BCUT2D eigenvalue weighted by molar-refractivity contribution is 0.0696. The molecule has 1 aliphatic heterocycles. The van der Waals surface area contributed by atoms with Gasteiger partial charge in [0.15, 0.2) is 5.65 Å². The molecule has 1 saturated heterocycles. The van der Waals surface area contributed by atoms with Crippen molar-refractivity contribution in [1.82, 2.24) is 14.6 Å². The summed E-state index contributed by atoms with van der Waals surface area (Å²) in [6, 6.07) is 1.38. The van der Waals surface area contributed by atoms with Gasteiger partial charge in [-0.05, 0) is 18.9 Å². The Kier molecular flexibility index (Phi) is 3.12. The summed E-state index contributed by atoms with van der Waals surface area (Å²) in [6.07, 6.45) is 3.43. The molecular formula is C12H12ClN3O3. The predicted octanol–water partition coefficient (Wildman–Crippen LogP) is 1.97. The monoisotopic (exact) mass is 281 g/mol. The number of carbonyl (C=O) groups is 1. The van der Waals surface area contributed by atoms with Crippen LogP contribution in [0, 0.1) is 0 Å². The minimum absolute atomic E-state index is 0.121. The van der Waals surface area contributed by atoms with Crippen molar-refractivity contribution in [3.8, 4) is 0 Å². The van der Waals surface area contributed by atoms with E-state index >= 15 is 0 Å². The fraction of sp³-hybridized carbons (Fsp3) is 0.417. The average molecular weight is 282 g/mol. The number of aromatic nitrogens is 3. The van der Waals surface area contributed by atoms with Crippen LogP contribution in [-0.2, 0) is 4.74 Å². The number of carboxylic acid groups (broad SMARTS) is 1. The topological polar surface area (TPSA) is 76.7 Å². The van der Waals surface area contributed by atoms with Crippen LogP contribution < -0.4 is 0 Å². The van der Waals surface area contributed by atoms with E-state index in [0.717, 1.165) is 19.4 Å². The Bertz CT molecular complexity index is 634. The molecule has 3 heterocycles. The number of fused-ring (bicyclic) bond motifs is 1. The van der Waals surface area contributed by atoms with E-state index in [-0.39, 0.29) is 16.5 Å². The molecule has 6 nitrogen and oxygen atoms in total. The highest BCUT2D eigenvalue weighted by molar-refractivity contribution is 6.33. The summed E-state index contributed by atoms with van der Waals surface area (Å²) in [5.41, 5.74) is 0.600. The third-order valence-electron chi connectivity index (χ3n) is 3.26. The quantitative estimate of drug-likeness (QED) is 0.911. The maximum atomic E-state index is 11.1. The van der Waals surface area contributed by atoms with E-state index in [0.29, 0.717) is 18.1 Å². The molecule has 1 fully saturated rings. The molecule has 0 saturated carbocycles. The van der Waals surface area contributed by atoms with Crippen LogP contribution in [0.25, 0.3) is 5.65 Å². The second kappa shape index (κ2) is 4.79. The summed E-state index contributed by atoms with van der Waals surface area (Å²) in [5, 5.41) is 17.5. The summed E-state index contributed by atoms with van der Waals surface area (Å²) < 4.78 is 7.09. The van der Waals surface area contributed by atoms with Gasteiger partial charge in [0.1, 0.15) is 5.82 Å². The van der Waals surface area contributed by atoms with E-state index in [1.807, 2.05) is 0 Å². The second-order valence-electron chi connectivity index (χ2n) is 4.55.